The maximum Gasteiger partial charge on any atom is 0.493 e. The molecule has 2 saturated heterocycles. The number of carbonyl (C=O) groups is 1. The van der Waals surface area contributed by atoms with Gasteiger partial charge in [0.25, 0.3) is 0 Å². The molecule has 0 radical (unpaired) electrons. The van der Waals surface area contributed by atoms with Crippen LogP contribution in [0.1, 0.15) is 47.5 Å². The number of hydrogen-bond acceptors (Lipinski definition) is 5. The molecule has 1 amide bonds. The van der Waals surface area contributed by atoms with Crippen molar-refractivity contribution in [3.8, 4) is 5.75 Å². The quantitative estimate of drug-likeness (QED) is 0.743. The van der Waals surface area contributed by atoms with Gasteiger partial charge >= 0.3 is 13.2 Å². The Morgan fingerprint density at radius 3 is 2.43 bits per heavy atom. The van der Waals surface area contributed by atoms with Crippen molar-refractivity contribution >= 4 is 18.7 Å². The molecule has 1 aromatic carbocycles. The Bertz CT molecular complexity index is 660. The normalized spacial score (nSPS) is 22.7. The third-order valence-corrected chi connectivity index (χ3v) is 4.74. The van der Waals surface area contributed by atoms with Gasteiger partial charge in [-0.25, -0.2) is 4.79 Å². The highest BCUT2D eigenvalue weighted by molar-refractivity contribution is 6.61. The molecular weight excluding hydrogens is 357 g/mol. The second-order valence-electron chi connectivity index (χ2n) is 9.50. The van der Waals surface area contributed by atoms with Crippen LogP contribution in [0, 0.1) is 5.41 Å². The fourth-order valence-electron chi connectivity index (χ4n) is 3.31. The number of hydrogen-bond donors (Lipinski definition) is 0. The summed E-state index contributed by atoms with van der Waals surface area (Å²) < 4.78 is 23.2. The minimum Gasteiger partial charge on any atom is -0.489 e. The third-order valence-electron chi connectivity index (χ3n) is 4.74. The molecule has 0 aromatic heterocycles. The van der Waals surface area contributed by atoms with Crippen LogP contribution in [0.15, 0.2) is 24.3 Å². The largest absolute Gasteiger partial charge is 0.493 e. The molecule has 2 aliphatic rings. The van der Waals surface area contributed by atoms with Crippen LogP contribution in [-0.4, -0.2) is 56.1 Å². The zero-order chi connectivity index (χ0) is 20.4. The van der Waals surface area contributed by atoms with Gasteiger partial charge in [-0.2, -0.15) is 0 Å². The van der Waals surface area contributed by atoms with Gasteiger partial charge in [0.15, 0.2) is 0 Å². The van der Waals surface area contributed by atoms with E-state index in [1.807, 2.05) is 45.0 Å². The highest BCUT2D eigenvalue weighted by Crippen LogP contribution is 2.23. The van der Waals surface area contributed by atoms with E-state index in [-0.39, 0.29) is 24.7 Å². The number of likely N-dealkylation sites (tertiary alicyclic amines) is 1. The van der Waals surface area contributed by atoms with Crippen molar-refractivity contribution in [3.05, 3.63) is 24.3 Å². The molecule has 0 aliphatic carbocycles. The highest BCUT2D eigenvalue weighted by atomic mass is 16.6. The molecular formula is C21H32BNO5. The van der Waals surface area contributed by atoms with E-state index in [0.717, 1.165) is 24.1 Å². The minimum absolute atomic E-state index is 0.0323. The molecule has 2 aliphatic heterocycles. The summed E-state index contributed by atoms with van der Waals surface area (Å²) in [4.78, 5) is 14.0. The Morgan fingerprint density at radius 2 is 1.82 bits per heavy atom. The lowest BCUT2D eigenvalue weighted by Gasteiger charge is -2.34. The third kappa shape index (κ3) is 5.88. The monoisotopic (exact) mass is 389 g/mol. The lowest BCUT2D eigenvalue weighted by atomic mass is 9.76. The molecule has 1 aromatic rings. The Balaban J connectivity index is 1.53. The molecule has 6 nitrogen and oxygen atoms in total. The van der Waals surface area contributed by atoms with Crippen LogP contribution < -0.4 is 10.2 Å². The van der Waals surface area contributed by atoms with Crippen molar-refractivity contribution in [1.82, 2.24) is 4.90 Å². The zero-order valence-corrected chi connectivity index (χ0v) is 17.7. The van der Waals surface area contributed by atoms with Crippen molar-refractivity contribution in [2.75, 3.05) is 26.3 Å². The van der Waals surface area contributed by atoms with Gasteiger partial charge in [-0.3, -0.25) is 0 Å². The van der Waals surface area contributed by atoms with Crippen molar-refractivity contribution in [3.63, 3.8) is 0 Å². The van der Waals surface area contributed by atoms with Crippen LogP contribution in [0.2, 0.25) is 0 Å². The molecule has 2 fully saturated rings. The Kier molecular flexibility index (Phi) is 6.25. The SMILES string of the molecule is CC1(C)COB(c2ccc(O[C@@H]3CCCN(C(=O)OC(C)(C)C)C3)cc2)OC1. The molecule has 3 rings (SSSR count). The number of ether oxygens (including phenoxy) is 2. The Labute approximate surface area is 168 Å². The zero-order valence-electron chi connectivity index (χ0n) is 17.7. The summed E-state index contributed by atoms with van der Waals surface area (Å²) >= 11 is 0. The second kappa shape index (κ2) is 8.33. The number of piperidine rings is 1. The average Bonchev–Trinajstić information content (AvgIpc) is 2.61. The van der Waals surface area contributed by atoms with Crippen molar-refractivity contribution in [2.45, 2.75) is 59.2 Å². The summed E-state index contributed by atoms with van der Waals surface area (Å²) in [5.41, 5.74) is 0.557. The lowest BCUT2D eigenvalue weighted by Crippen LogP contribution is -2.47. The van der Waals surface area contributed by atoms with E-state index in [1.165, 1.54) is 0 Å². The van der Waals surface area contributed by atoms with E-state index < -0.39 is 5.60 Å². The molecule has 0 N–H and O–H groups in total. The van der Waals surface area contributed by atoms with Gasteiger partial charge in [0, 0.05) is 25.2 Å². The summed E-state index contributed by atoms with van der Waals surface area (Å²) in [6, 6.07) is 7.84. The van der Waals surface area contributed by atoms with Crippen molar-refractivity contribution in [2.24, 2.45) is 5.41 Å². The first kappa shape index (κ1) is 21.0. The molecule has 0 spiro atoms. The van der Waals surface area contributed by atoms with E-state index in [2.05, 4.69) is 13.8 Å². The van der Waals surface area contributed by atoms with Crippen LogP contribution in [0.25, 0.3) is 0 Å². The number of nitrogens with zero attached hydrogens (tertiary/aromatic N) is 1. The summed E-state index contributed by atoms with van der Waals surface area (Å²) in [6.07, 6.45) is 1.52. The Hall–Kier alpha value is -1.73. The van der Waals surface area contributed by atoms with E-state index in [1.54, 1.807) is 4.90 Å². The van der Waals surface area contributed by atoms with Gasteiger partial charge in [0.05, 0.1) is 6.54 Å². The fourth-order valence-corrected chi connectivity index (χ4v) is 3.31. The fraction of sp³-hybridized carbons (Fsp3) is 0.667. The van der Waals surface area contributed by atoms with Gasteiger partial charge < -0.3 is 23.7 Å². The second-order valence-corrected chi connectivity index (χ2v) is 9.50. The predicted octanol–water partition coefficient (Wildman–Crippen LogP) is 3.23. The standard InChI is InChI=1S/C21H32BNO5/c1-20(2,3)28-19(24)23-12-6-7-18(13-23)27-17-10-8-16(9-11-17)22-25-14-21(4,5)15-26-22/h8-11,18H,6-7,12-15H2,1-5H3/t18-/m1/s1. The summed E-state index contributed by atoms with van der Waals surface area (Å²) in [5, 5.41) is 0. The van der Waals surface area contributed by atoms with Crippen LogP contribution in [0.4, 0.5) is 4.79 Å². The number of carbonyl (C=O) groups excluding carboxylic acids is 1. The van der Waals surface area contributed by atoms with Gasteiger partial charge in [0.1, 0.15) is 17.5 Å². The summed E-state index contributed by atoms with van der Waals surface area (Å²) in [5.74, 6) is 0.788. The van der Waals surface area contributed by atoms with Crippen LogP contribution >= 0.6 is 0 Å². The average molecular weight is 389 g/mol. The molecule has 0 unspecified atom stereocenters. The molecule has 1 atom stereocenters. The van der Waals surface area contributed by atoms with Crippen LogP contribution in [-0.2, 0) is 14.0 Å². The number of amides is 1. The number of rotatable bonds is 3. The van der Waals surface area contributed by atoms with Crippen molar-refractivity contribution < 1.29 is 23.6 Å². The van der Waals surface area contributed by atoms with Gasteiger partial charge in [-0.05, 0) is 51.2 Å². The molecule has 28 heavy (non-hydrogen) atoms. The summed E-state index contributed by atoms with van der Waals surface area (Å²) in [7, 11) is -0.320. The Morgan fingerprint density at radius 1 is 1.18 bits per heavy atom. The van der Waals surface area contributed by atoms with Crippen LogP contribution in [0.3, 0.4) is 0 Å². The molecule has 0 bridgehead atoms. The predicted molar refractivity (Wildman–Crippen MR) is 109 cm³/mol. The van der Waals surface area contributed by atoms with E-state index in [0.29, 0.717) is 26.3 Å². The van der Waals surface area contributed by atoms with Gasteiger partial charge in [-0.15, -0.1) is 0 Å². The maximum atomic E-state index is 12.3. The first-order chi connectivity index (χ1) is 13.1. The summed E-state index contributed by atoms with van der Waals surface area (Å²) in [6.45, 7) is 12.5. The smallest absolute Gasteiger partial charge is 0.489 e. The molecule has 154 valence electrons. The minimum atomic E-state index is -0.487. The van der Waals surface area contributed by atoms with Crippen LogP contribution in [0.5, 0.6) is 5.75 Å². The topological polar surface area (TPSA) is 57.2 Å². The van der Waals surface area contributed by atoms with Crippen molar-refractivity contribution in [1.29, 1.82) is 0 Å². The molecule has 0 saturated carbocycles. The van der Waals surface area contributed by atoms with Gasteiger partial charge in [0.2, 0.25) is 0 Å². The molecule has 2 heterocycles. The number of benzene rings is 1. The van der Waals surface area contributed by atoms with Gasteiger partial charge in [-0.1, -0.05) is 26.0 Å². The van der Waals surface area contributed by atoms with E-state index in [9.17, 15) is 4.79 Å². The molecule has 7 heteroatoms. The highest BCUT2D eigenvalue weighted by Gasteiger charge is 2.33. The first-order valence-electron chi connectivity index (χ1n) is 10.1. The maximum absolute atomic E-state index is 12.3. The van der Waals surface area contributed by atoms with E-state index >= 15 is 0 Å². The first-order valence-corrected chi connectivity index (χ1v) is 10.1. The lowest BCUT2D eigenvalue weighted by molar-refractivity contribution is 0.00775. The van der Waals surface area contributed by atoms with E-state index in [4.69, 9.17) is 18.8 Å².